The molecule has 19 heteroatoms. The van der Waals surface area contributed by atoms with Crippen molar-refractivity contribution in [1.29, 1.82) is 0 Å². The monoisotopic (exact) mass is 1380 g/mol. The zero-order valence-corrected chi connectivity index (χ0v) is 63.1. The summed E-state index contributed by atoms with van der Waals surface area (Å²) in [7, 11) is -9.90. The number of hydrogen-bond donors (Lipinski definition) is 3. The van der Waals surface area contributed by atoms with E-state index in [2.05, 4.69) is 41.5 Å². The number of aliphatic hydroxyl groups excluding tert-OH is 1. The van der Waals surface area contributed by atoms with Gasteiger partial charge in [-0.25, -0.2) is 9.13 Å². The number of carbonyl (C=O) groups is 4. The number of phosphoric ester groups is 2. The van der Waals surface area contributed by atoms with Crippen LogP contribution in [0.5, 0.6) is 0 Å². The minimum Gasteiger partial charge on any atom is -0.462 e. The highest BCUT2D eigenvalue weighted by molar-refractivity contribution is 7.47. The first-order valence-corrected chi connectivity index (χ1v) is 42.0. The third kappa shape index (κ3) is 68.6. The predicted molar refractivity (Wildman–Crippen MR) is 381 cm³/mol. The largest absolute Gasteiger partial charge is 0.472 e. The third-order valence-corrected chi connectivity index (χ3v) is 19.4. The number of phosphoric acid groups is 2. The van der Waals surface area contributed by atoms with Gasteiger partial charge in [-0.2, -0.15) is 0 Å². The first-order chi connectivity index (χ1) is 45.4. The lowest BCUT2D eigenvalue weighted by Gasteiger charge is -2.21. The Labute approximate surface area is 575 Å². The number of rotatable bonds is 74. The topological polar surface area (TPSA) is 237 Å². The quantitative estimate of drug-likeness (QED) is 0.0222. The van der Waals surface area contributed by atoms with E-state index in [0.29, 0.717) is 25.7 Å². The average Bonchev–Trinajstić information content (AvgIpc) is 1.17. The van der Waals surface area contributed by atoms with Gasteiger partial charge in [0.2, 0.25) is 0 Å². The summed E-state index contributed by atoms with van der Waals surface area (Å²) in [6, 6.07) is 0. The Kier molecular flexibility index (Phi) is 65.5. The van der Waals surface area contributed by atoms with Crippen LogP contribution in [-0.2, 0) is 65.4 Å². The van der Waals surface area contributed by atoms with Crippen LogP contribution in [0.3, 0.4) is 0 Å². The maximum absolute atomic E-state index is 13.1. The maximum atomic E-state index is 13.1. The molecule has 0 radical (unpaired) electrons. The van der Waals surface area contributed by atoms with Crippen LogP contribution in [0.25, 0.3) is 0 Å². The van der Waals surface area contributed by atoms with E-state index in [1.165, 1.54) is 193 Å². The fourth-order valence-corrected chi connectivity index (χ4v) is 13.1. The molecule has 558 valence electrons. The van der Waals surface area contributed by atoms with Gasteiger partial charge in [0.1, 0.15) is 19.3 Å². The molecule has 0 saturated carbocycles. The third-order valence-electron chi connectivity index (χ3n) is 17.5. The smallest absolute Gasteiger partial charge is 0.462 e. The van der Waals surface area contributed by atoms with Gasteiger partial charge in [0, 0.05) is 25.7 Å². The highest BCUT2D eigenvalue weighted by atomic mass is 31.2. The van der Waals surface area contributed by atoms with Crippen molar-refractivity contribution in [2.75, 3.05) is 39.6 Å². The van der Waals surface area contributed by atoms with E-state index in [1.807, 2.05) is 0 Å². The lowest BCUT2D eigenvalue weighted by atomic mass is 10.0. The Bertz CT molecular complexity index is 1820. The Morgan fingerprint density at radius 3 is 0.723 bits per heavy atom. The van der Waals surface area contributed by atoms with E-state index in [1.54, 1.807) is 0 Å². The molecule has 5 atom stereocenters. The highest BCUT2D eigenvalue weighted by Gasteiger charge is 2.30. The number of aliphatic hydroxyl groups is 1. The molecule has 0 bridgehead atoms. The summed E-state index contributed by atoms with van der Waals surface area (Å²) in [6.45, 7) is 9.55. The predicted octanol–water partition coefficient (Wildman–Crippen LogP) is 21.9. The minimum absolute atomic E-state index is 0.105. The molecule has 94 heavy (non-hydrogen) atoms. The summed E-state index contributed by atoms with van der Waals surface area (Å²) in [4.78, 5) is 72.6. The molecule has 0 aromatic rings. The van der Waals surface area contributed by atoms with E-state index < -0.39 is 97.5 Å². The lowest BCUT2D eigenvalue weighted by molar-refractivity contribution is -0.161. The van der Waals surface area contributed by atoms with Gasteiger partial charge in [-0.1, -0.05) is 337 Å². The fourth-order valence-electron chi connectivity index (χ4n) is 11.5. The van der Waals surface area contributed by atoms with Crippen LogP contribution in [0.2, 0.25) is 0 Å². The summed E-state index contributed by atoms with van der Waals surface area (Å²) in [5.41, 5.74) is 0. The molecular weight excluding hydrogens is 1230 g/mol. The molecule has 0 amide bonds. The Morgan fingerprint density at radius 1 is 0.287 bits per heavy atom. The minimum atomic E-state index is -4.96. The molecule has 0 fully saturated rings. The van der Waals surface area contributed by atoms with Crippen molar-refractivity contribution in [3.63, 3.8) is 0 Å². The van der Waals surface area contributed by atoms with Gasteiger partial charge in [-0.15, -0.1) is 0 Å². The van der Waals surface area contributed by atoms with Gasteiger partial charge < -0.3 is 33.8 Å². The SMILES string of the molecule is CCCCCCCCCCCCCCCCCCCCC(=O)O[C@H](COC(=O)CCCCCCCCCCCCCCCCC(C)C)COP(=O)(O)OC[C@@H](O)COP(=O)(O)OC[C@@H](COC(=O)CCCCCCCCC)OC(=O)CCCCCCCCCCCC(C)C. The van der Waals surface area contributed by atoms with Crippen LogP contribution in [-0.4, -0.2) is 96.7 Å². The van der Waals surface area contributed by atoms with E-state index in [0.717, 1.165) is 115 Å². The number of unbranched alkanes of at least 4 members (excludes halogenated alkanes) is 44. The Balaban J connectivity index is 5.19. The second-order valence-corrected chi connectivity index (χ2v) is 30.9. The van der Waals surface area contributed by atoms with E-state index in [-0.39, 0.29) is 25.7 Å². The van der Waals surface area contributed by atoms with Crippen LogP contribution in [0.15, 0.2) is 0 Å². The number of hydrogen-bond acceptors (Lipinski definition) is 15. The van der Waals surface area contributed by atoms with Gasteiger partial charge in [0.15, 0.2) is 12.2 Å². The first kappa shape index (κ1) is 92.1. The summed E-state index contributed by atoms with van der Waals surface area (Å²) >= 11 is 0. The van der Waals surface area contributed by atoms with Crippen LogP contribution in [0.1, 0.15) is 388 Å². The molecule has 0 saturated heterocycles. The molecule has 0 aliphatic rings. The molecule has 0 aromatic carbocycles. The molecular formula is C75H146O17P2. The van der Waals surface area contributed by atoms with Crippen molar-refractivity contribution in [3.8, 4) is 0 Å². The Hall–Kier alpha value is -1.94. The number of esters is 4. The van der Waals surface area contributed by atoms with Gasteiger partial charge in [0.25, 0.3) is 0 Å². The molecule has 2 unspecified atom stereocenters. The van der Waals surface area contributed by atoms with E-state index in [4.69, 9.17) is 37.0 Å². The van der Waals surface area contributed by atoms with Crippen molar-refractivity contribution in [2.24, 2.45) is 11.8 Å². The van der Waals surface area contributed by atoms with Crippen molar-refractivity contribution in [3.05, 3.63) is 0 Å². The molecule has 0 aromatic heterocycles. The molecule has 0 aliphatic carbocycles. The van der Waals surface area contributed by atoms with Gasteiger partial charge in [-0.3, -0.25) is 37.3 Å². The molecule has 0 heterocycles. The van der Waals surface area contributed by atoms with Crippen LogP contribution in [0.4, 0.5) is 0 Å². The molecule has 3 N–H and O–H groups in total. The van der Waals surface area contributed by atoms with Gasteiger partial charge >= 0.3 is 39.5 Å². The van der Waals surface area contributed by atoms with Crippen LogP contribution < -0.4 is 0 Å². The van der Waals surface area contributed by atoms with Crippen molar-refractivity contribution < 1.29 is 80.2 Å². The van der Waals surface area contributed by atoms with Crippen molar-refractivity contribution >= 4 is 39.5 Å². The first-order valence-electron chi connectivity index (χ1n) is 39.0. The molecule has 0 aliphatic heterocycles. The Morgan fingerprint density at radius 2 is 0.489 bits per heavy atom. The highest BCUT2D eigenvalue weighted by Crippen LogP contribution is 2.45. The van der Waals surface area contributed by atoms with E-state index >= 15 is 0 Å². The van der Waals surface area contributed by atoms with E-state index in [9.17, 15) is 43.2 Å². The summed E-state index contributed by atoms with van der Waals surface area (Å²) in [5, 5.41) is 10.6. The number of ether oxygens (including phenoxy) is 4. The summed E-state index contributed by atoms with van der Waals surface area (Å²) in [6.07, 6.45) is 54.3. The van der Waals surface area contributed by atoms with Crippen LogP contribution >= 0.6 is 15.6 Å². The molecule has 0 spiro atoms. The van der Waals surface area contributed by atoms with Crippen molar-refractivity contribution in [1.82, 2.24) is 0 Å². The standard InChI is InChI=1S/C75H146O17P2/c1-7-9-11-13-15-16-17-18-19-20-21-22-27-30-35-41-47-53-59-74(79)92-71(64-86-73(78)58-52-46-40-34-29-26-24-23-25-28-32-38-43-49-55-67(3)4)66-90-94(83,84)88-62-69(76)61-87-93(81,82)89-65-70(63-85-72(77)57-51-45-37-14-12-10-8-2)91-75(80)60-54-48-42-36-31-33-39-44-50-56-68(5)6/h67-71,76H,7-66H2,1-6H3,(H,81,82)(H,83,84)/t69-,70+,71+/m0/s1. The normalized spacial score (nSPS) is 14.0. The fraction of sp³-hybridized carbons (Fsp3) is 0.947. The average molecular weight is 1380 g/mol. The summed E-state index contributed by atoms with van der Waals surface area (Å²) < 4.78 is 68.4. The zero-order valence-electron chi connectivity index (χ0n) is 61.3. The maximum Gasteiger partial charge on any atom is 0.472 e. The molecule has 0 rings (SSSR count). The van der Waals surface area contributed by atoms with Gasteiger partial charge in [0.05, 0.1) is 26.4 Å². The summed E-state index contributed by atoms with van der Waals surface area (Å²) in [5.74, 6) is -0.586. The van der Waals surface area contributed by atoms with Crippen molar-refractivity contribution in [2.45, 2.75) is 407 Å². The van der Waals surface area contributed by atoms with Crippen LogP contribution in [0, 0.1) is 11.8 Å². The zero-order chi connectivity index (χ0) is 69.3. The second kappa shape index (κ2) is 66.9. The number of carbonyl (C=O) groups excluding carboxylic acids is 4. The lowest BCUT2D eigenvalue weighted by Crippen LogP contribution is -2.30. The second-order valence-electron chi connectivity index (χ2n) is 28.0. The van der Waals surface area contributed by atoms with Gasteiger partial charge in [-0.05, 0) is 37.5 Å². The molecule has 17 nitrogen and oxygen atoms in total.